The van der Waals surface area contributed by atoms with E-state index >= 15 is 0 Å². The Morgan fingerprint density at radius 2 is 2.24 bits per heavy atom. The van der Waals surface area contributed by atoms with E-state index in [0.717, 1.165) is 21.3 Å². The highest BCUT2D eigenvalue weighted by Gasteiger charge is 2.15. The Morgan fingerprint density at radius 3 is 2.82 bits per heavy atom. The van der Waals surface area contributed by atoms with E-state index in [1.807, 2.05) is 19.1 Å². The lowest BCUT2D eigenvalue weighted by atomic mass is 10.3. The van der Waals surface area contributed by atoms with Gasteiger partial charge in [0.1, 0.15) is 10.0 Å². The standard InChI is InChI=1S/C12H13N3OS/c1-8-12(15(3)9(2)16)17-11(14-8)10-5-4-6-13-7-10/h4-7H,1-3H3. The summed E-state index contributed by atoms with van der Waals surface area (Å²) in [6.45, 7) is 3.45. The fraction of sp³-hybridized carbons (Fsp3) is 0.250. The highest BCUT2D eigenvalue weighted by atomic mass is 32.1. The van der Waals surface area contributed by atoms with Crippen molar-refractivity contribution < 1.29 is 4.79 Å². The topological polar surface area (TPSA) is 46.1 Å². The van der Waals surface area contributed by atoms with Gasteiger partial charge in [0.2, 0.25) is 5.91 Å². The molecule has 0 fully saturated rings. The second-order valence-electron chi connectivity index (χ2n) is 3.73. The minimum absolute atomic E-state index is 0.00878. The van der Waals surface area contributed by atoms with Gasteiger partial charge in [0.15, 0.2) is 0 Å². The van der Waals surface area contributed by atoms with Gasteiger partial charge in [-0.15, -0.1) is 0 Å². The van der Waals surface area contributed by atoms with Crippen LogP contribution in [-0.4, -0.2) is 22.9 Å². The lowest BCUT2D eigenvalue weighted by Gasteiger charge is -2.11. The minimum atomic E-state index is 0.00878. The average Bonchev–Trinajstić information content (AvgIpc) is 2.71. The molecule has 0 N–H and O–H groups in total. The van der Waals surface area contributed by atoms with E-state index in [2.05, 4.69) is 9.97 Å². The van der Waals surface area contributed by atoms with Crippen molar-refractivity contribution in [1.82, 2.24) is 9.97 Å². The number of pyridine rings is 1. The molecular weight excluding hydrogens is 234 g/mol. The van der Waals surface area contributed by atoms with Crippen LogP contribution in [0.1, 0.15) is 12.6 Å². The van der Waals surface area contributed by atoms with Gasteiger partial charge in [-0.25, -0.2) is 4.98 Å². The number of rotatable bonds is 2. The van der Waals surface area contributed by atoms with Crippen molar-refractivity contribution in [2.75, 3.05) is 11.9 Å². The SMILES string of the molecule is CC(=O)N(C)c1sc(-c2cccnc2)nc1C. The zero-order valence-electron chi connectivity index (χ0n) is 9.97. The summed E-state index contributed by atoms with van der Waals surface area (Å²) in [5, 5.41) is 1.77. The second kappa shape index (κ2) is 4.63. The van der Waals surface area contributed by atoms with Crippen molar-refractivity contribution in [3.63, 3.8) is 0 Å². The maximum Gasteiger partial charge on any atom is 0.224 e. The molecule has 2 rings (SSSR count). The van der Waals surface area contributed by atoms with Gasteiger partial charge < -0.3 is 4.90 Å². The molecule has 4 nitrogen and oxygen atoms in total. The van der Waals surface area contributed by atoms with E-state index in [0.29, 0.717) is 0 Å². The molecule has 0 unspecified atom stereocenters. The van der Waals surface area contributed by atoms with E-state index < -0.39 is 0 Å². The molecule has 0 aromatic carbocycles. The number of amides is 1. The number of nitrogens with zero attached hydrogens (tertiary/aromatic N) is 3. The monoisotopic (exact) mass is 247 g/mol. The third-order valence-corrected chi connectivity index (χ3v) is 3.74. The zero-order chi connectivity index (χ0) is 12.4. The molecule has 0 spiro atoms. The van der Waals surface area contributed by atoms with Crippen molar-refractivity contribution in [3.05, 3.63) is 30.2 Å². The number of hydrogen-bond donors (Lipinski definition) is 0. The second-order valence-corrected chi connectivity index (χ2v) is 4.71. The van der Waals surface area contributed by atoms with E-state index in [1.165, 1.54) is 11.3 Å². The Labute approximate surface area is 104 Å². The Kier molecular flexibility index (Phi) is 3.19. The highest BCUT2D eigenvalue weighted by Crippen LogP contribution is 2.33. The van der Waals surface area contributed by atoms with Crippen LogP contribution in [0.15, 0.2) is 24.5 Å². The molecule has 5 heteroatoms. The predicted molar refractivity (Wildman–Crippen MR) is 69.2 cm³/mol. The number of anilines is 1. The van der Waals surface area contributed by atoms with Gasteiger partial charge in [-0.3, -0.25) is 9.78 Å². The van der Waals surface area contributed by atoms with Crippen molar-refractivity contribution in [3.8, 4) is 10.6 Å². The summed E-state index contributed by atoms with van der Waals surface area (Å²) in [5.41, 5.74) is 1.84. The van der Waals surface area contributed by atoms with E-state index in [-0.39, 0.29) is 5.91 Å². The largest absolute Gasteiger partial charge is 0.306 e. The van der Waals surface area contributed by atoms with Crippen LogP contribution in [0.3, 0.4) is 0 Å². The summed E-state index contributed by atoms with van der Waals surface area (Å²) < 4.78 is 0. The molecule has 0 radical (unpaired) electrons. The normalized spacial score (nSPS) is 10.3. The van der Waals surface area contributed by atoms with Gasteiger partial charge in [0, 0.05) is 31.9 Å². The number of aryl methyl sites for hydroxylation is 1. The van der Waals surface area contributed by atoms with Crippen molar-refractivity contribution in [2.45, 2.75) is 13.8 Å². The lowest BCUT2D eigenvalue weighted by Crippen LogP contribution is -2.22. The van der Waals surface area contributed by atoms with Crippen LogP contribution >= 0.6 is 11.3 Å². The first-order valence-corrected chi connectivity index (χ1v) is 6.03. The molecule has 2 aromatic rings. The van der Waals surface area contributed by atoms with E-state index in [4.69, 9.17) is 0 Å². The molecule has 0 aliphatic carbocycles. The van der Waals surface area contributed by atoms with Gasteiger partial charge in [0.25, 0.3) is 0 Å². The van der Waals surface area contributed by atoms with Gasteiger partial charge in [-0.05, 0) is 19.1 Å². The molecule has 1 amide bonds. The first-order valence-electron chi connectivity index (χ1n) is 5.21. The van der Waals surface area contributed by atoms with Crippen molar-refractivity contribution >= 4 is 22.2 Å². The first-order chi connectivity index (χ1) is 8.09. The fourth-order valence-corrected chi connectivity index (χ4v) is 2.52. The van der Waals surface area contributed by atoms with E-state index in [1.54, 1.807) is 31.3 Å². The van der Waals surface area contributed by atoms with Crippen LogP contribution in [0, 0.1) is 6.92 Å². The van der Waals surface area contributed by atoms with Gasteiger partial charge in [-0.1, -0.05) is 11.3 Å². The van der Waals surface area contributed by atoms with Gasteiger partial charge in [-0.2, -0.15) is 0 Å². The predicted octanol–water partition coefficient (Wildman–Crippen LogP) is 2.50. The maximum absolute atomic E-state index is 11.3. The molecule has 0 bridgehead atoms. The zero-order valence-corrected chi connectivity index (χ0v) is 10.8. The number of aromatic nitrogens is 2. The van der Waals surface area contributed by atoms with Crippen LogP contribution in [-0.2, 0) is 4.79 Å². The summed E-state index contributed by atoms with van der Waals surface area (Å²) in [5.74, 6) is 0.00878. The summed E-state index contributed by atoms with van der Waals surface area (Å²) in [6, 6.07) is 3.84. The molecule has 0 saturated heterocycles. The number of thiazole rings is 1. The summed E-state index contributed by atoms with van der Waals surface area (Å²) in [7, 11) is 1.76. The van der Waals surface area contributed by atoms with Gasteiger partial charge in [0.05, 0.1) is 5.69 Å². The average molecular weight is 247 g/mol. The molecular formula is C12H13N3OS. The molecule has 88 valence electrons. The Balaban J connectivity index is 2.41. The Hall–Kier alpha value is -1.75. The van der Waals surface area contributed by atoms with Crippen LogP contribution in [0.5, 0.6) is 0 Å². The van der Waals surface area contributed by atoms with Crippen LogP contribution < -0.4 is 4.90 Å². The molecule has 0 saturated carbocycles. The first kappa shape index (κ1) is 11.7. The lowest BCUT2D eigenvalue weighted by molar-refractivity contribution is -0.116. The van der Waals surface area contributed by atoms with Crippen molar-refractivity contribution in [1.29, 1.82) is 0 Å². The molecule has 0 aliphatic heterocycles. The molecule has 0 aliphatic rings. The molecule has 17 heavy (non-hydrogen) atoms. The third kappa shape index (κ3) is 2.34. The molecule has 2 heterocycles. The van der Waals surface area contributed by atoms with Gasteiger partial charge >= 0.3 is 0 Å². The number of carbonyl (C=O) groups is 1. The summed E-state index contributed by atoms with van der Waals surface area (Å²) >= 11 is 1.50. The summed E-state index contributed by atoms with van der Waals surface area (Å²) in [6.07, 6.45) is 3.50. The highest BCUT2D eigenvalue weighted by molar-refractivity contribution is 7.19. The third-order valence-electron chi connectivity index (χ3n) is 2.46. The number of carbonyl (C=O) groups excluding carboxylic acids is 1. The van der Waals surface area contributed by atoms with Crippen molar-refractivity contribution in [2.24, 2.45) is 0 Å². The maximum atomic E-state index is 11.3. The summed E-state index contributed by atoms with van der Waals surface area (Å²) in [4.78, 5) is 21.5. The number of hydrogen-bond acceptors (Lipinski definition) is 4. The van der Waals surface area contributed by atoms with Crippen LogP contribution in [0.2, 0.25) is 0 Å². The van der Waals surface area contributed by atoms with E-state index in [9.17, 15) is 4.79 Å². The van der Waals surface area contributed by atoms with Crippen LogP contribution in [0.4, 0.5) is 5.00 Å². The minimum Gasteiger partial charge on any atom is -0.306 e. The molecule has 2 aromatic heterocycles. The van der Waals surface area contributed by atoms with Crippen LogP contribution in [0.25, 0.3) is 10.6 Å². The quantitative estimate of drug-likeness (QED) is 0.819. The smallest absolute Gasteiger partial charge is 0.224 e. The molecule has 0 atom stereocenters. The Morgan fingerprint density at radius 1 is 1.47 bits per heavy atom. The Bertz CT molecular complexity index is 536. The fourth-order valence-electron chi connectivity index (χ4n) is 1.46.